The first kappa shape index (κ1) is 15.7. The van der Waals surface area contributed by atoms with Crippen LogP contribution in [0.1, 0.15) is 40.5 Å². The molecule has 0 atom stereocenters. The van der Waals surface area contributed by atoms with Gasteiger partial charge in [-0.15, -0.1) is 0 Å². The maximum absolute atomic E-state index is 10.2. The van der Waals surface area contributed by atoms with E-state index in [1.54, 1.807) is 13.8 Å². The predicted molar refractivity (Wildman–Crippen MR) is 83.1 cm³/mol. The number of aliphatic hydroxyl groups is 1. The van der Waals surface area contributed by atoms with Crippen LogP contribution in [0, 0.1) is 0 Å². The van der Waals surface area contributed by atoms with Crippen molar-refractivity contribution >= 4 is 17.8 Å². The van der Waals surface area contributed by atoms with Crippen molar-refractivity contribution in [3.8, 4) is 0 Å². The van der Waals surface area contributed by atoms with E-state index in [0.717, 1.165) is 25.9 Å². The second kappa shape index (κ2) is 5.61. The van der Waals surface area contributed by atoms with Gasteiger partial charge in [0.25, 0.3) is 0 Å². The molecule has 0 spiro atoms. The Labute approximate surface area is 125 Å². The van der Waals surface area contributed by atoms with Crippen LogP contribution in [0.15, 0.2) is 0 Å². The van der Waals surface area contributed by atoms with Gasteiger partial charge in [-0.05, 0) is 40.5 Å². The Balaban J connectivity index is 2.28. The third-order valence-electron chi connectivity index (χ3n) is 4.10. The van der Waals surface area contributed by atoms with Gasteiger partial charge in [-0.1, -0.05) is 0 Å². The standard InChI is InChI=1S/C13H25N7O/c1-12(2,13(3,4)21)18-9-15-10(19-14)17-11(16-9)20-7-5-6-8-20/h21H,5-8,14H2,1-4H3,(H2,15,16,17,18,19). The molecule has 0 radical (unpaired) electrons. The highest BCUT2D eigenvalue weighted by atomic mass is 16.3. The first-order valence-electron chi connectivity index (χ1n) is 7.21. The van der Waals surface area contributed by atoms with Gasteiger partial charge in [-0.2, -0.15) is 15.0 Å². The lowest BCUT2D eigenvalue weighted by molar-refractivity contribution is 0.0237. The maximum Gasteiger partial charge on any atom is 0.243 e. The fourth-order valence-electron chi connectivity index (χ4n) is 1.98. The molecule has 1 aromatic rings. The molecule has 1 aromatic heterocycles. The molecule has 0 bridgehead atoms. The van der Waals surface area contributed by atoms with Gasteiger partial charge in [0.2, 0.25) is 17.8 Å². The van der Waals surface area contributed by atoms with E-state index in [9.17, 15) is 5.11 Å². The molecule has 1 aliphatic rings. The van der Waals surface area contributed by atoms with Gasteiger partial charge in [-0.25, -0.2) is 5.84 Å². The second-order valence-corrected chi connectivity index (χ2v) is 6.43. The Bertz CT molecular complexity index is 492. The highest BCUT2D eigenvalue weighted by Gasteiger charge is 2.36. The molecular weight excluding hydrogens is 270 g/mol. The minimum absolute atomic E-state index is 0.306. The summed E-state index contributed by atoms with van der Waals surface area (Å²) < 4.78 is 0. The number of hydrazine groups is 1. The zero-order valence-electron chi connectivity index (χ0n) is 13.1. The van der Waals surface area contributed by atoms with Crippen LogP contribution in [-0.2, 0) is 0 Å². The highest BCUT2D eigenvalue weighted by molar-refractivity contribution is 5.45. The molecular formula is C13H25N7O. The molecule has 8 nitrogen and oxygen atoms in total. The smallest absolute Gasteiger partial charge is 0.243 e. The zero-order valence-corrected chi connectivity index (χ0v) is 13.1. The fourth-order valence-corrected chi connectivity index (χ4v) is 1.98. The summed E-state index contributed by atoms with van der Waals surface area (Å²) >= 11 is 0. The summed E-state index contributed by atoms with van der Waals surface area (Å²) in [5.41, 5.74) is 0.915. The minimum Gasteiger partial charge on any atom is -0.388 e. The van der Waals surface area contributed by atoms with E-state index in [1.165, 1.54) is 0 Å². The van der Waals surface area contributed by atoms with Crippen molar-refractivity contribution in [3.05, 3.63) is 0 Å². The Kier molecular flexibility index (Phi) is 4.20. The van der Waals surface area contributed by atoms with Crippen molar-refractivity contribution in [1.29, 1.82) is 0 Å². The molecule has 1 saturated heterocycles. The molecule has 0 aliphatic carbocycles. The highest BCUT2D eigenvalue weighted by Crippen LogP contribution is 2.26. The van der Waals surface area contributed by atoms with E-state index in [2.05, 4.69) is 30.6 Å². The van der Waals surface area contributed by atoms with Crippen molar-refractivity contribution < 1.29 is 5.11 Å². The topological polar surface area (TPSA) is 112 Å². The molecule has 0 amide bonds. The van der Waals surface area contributed by atoms with Crippen LogP contribution in [0.5, 0.6) is 0 Å². The largest absolute Gasteiger partial charge is 0.388 e. The van der Waals surface area contributed by atoms with Gasteiger partial charge in [-0.3, -0.25) is 5.43 Å². The molecule has 1 fully saturated rings. The first-order chi connectivity index (χ1) is 9.73. The summed E-state index contributed by atoms with van der Waals surface area (Å²) in [6, 6.07) is 0. The van der Waals surface area contributed by atoms with Crippen LogP contribution < -0.4 is 21.5 Å². The summed E-state index contributed by atoms with van der Waals surface area (Å²) in [5, 5.41) is 13.4. The van der Waals surface area contributed by atoms with Gasteiger partial charge in [0.1, 0.15) is 0 Å². The van der Waals surface area contributed by atoms with E-state index in [1.807, 2.05) is 13.8 Å². The van der Waals surface area contributed by atoms with Gasteiger partial charge in [0.05, 0.1) is 11.1 Å². The van der Waals surface area contributed by atoms with Crippen LogP contribution >= 0.6 is 0 Å². The SMILES string of the molecule is CC(C)(O)C(C)(C)Nc1nc(NN)nc(N2CCCC2)n1. The number of nitrogens with zero attached hydrogens (tertiary/aromatic N) is 4. The molecule has 1 aliphatic heterocycles. The van der Waals surface area contributed by atoms with Gasteiger partial charge in [0.15, 0.2) is 0 Å². The molecule has 118 valence electrons. The molecule has 0 saturated carbocycles. The van der Waals surface area contributed by atoms with Crippen LogP contribution in [0.3, 0.4) is 0 Å². The van der Waals surface area contributed by atoms with Crippen LogP contribution in [0.2, 0.25) is 0 Å². The summed E-state index contributed by atoms with van der Waals surface area (Å²) in [6.07, 6.45) is 2.27. The number of anilines is 3. The molecule has 21 heavy (non-hydrogen) atoms. The Hall–Kier alpha value is -1.67. The maximum atomic E-state index is 10.2. The van der Waals surface area contributed by atoms with Crippen LogP contribution in [0.25, 0.3) is 0 Å². The van der Waals surface area contributed by atoms with Gasteiger partial charge >= 0.3 is 0 Å². The number of nitrogens with two attached hydrogens (primary N) is 1. The zero-order chi connectivity index (χ0) is 15.7. The lowest BCUT2D eigenvalue weighted by Crippen LogP contribution is -2.51. The normalized spacial score (nSPS) is 16.2. The summed E-state index contributed by atoms with van der Waals surface area (Å²) in [7, 11) is 0. The van der Waals surface area contributed by atoms with Gasteiger partial charge < -0.3 is 15.3 Å². The fraction of sp³-hybridized carbons (Fsp3) is 0.769. The molecule has 8 heteroatoms. The van der Waals surface area contributed by atoms with Crippen molar-refractivity contribution in [3.63, 3.8) is 0 Å². The summed E-state index contributed by atoms with van der Waals surface area (Å²) in [4.78, 5) is 15.1. The second-order valence-electron chi connectivity index (χ2n) is 6.43. The molecule has 2 heterocycles. The number of hydrogen-bond acceptors (Lipinski definition) is 8. The van der Waals surface area contributed by atoms with Gasteiger partial charge in [0, 0.05) is 13.1 Å². The lowest BCUT2D eigenvalue weighted by Gasteiger charge is -2.38. The van der Waals surface area contributed by atoms with E-state index in [0.29, 0.717) is 17.8 Å². The summed E-state index contributed by atoms with van der Waals surface area (Å²) in [6.45, 7) is 9.13. The van der Waals surface area contributed by atoms with Crippen molar-refractivity contribution in [2.24, 2.45) is 5.84 Å². The molecule has 0 aromatic carbocycles. The number of aromatic nitrogens is 3. The number of nitrogen functional groups attached to an aromatic ring is 1. The number of nitrogens with one attached hydrogen (secondary N) is 2. The Morgan fingerprint density at radius 3 is 2.14 bits per heavy atom. The van der Waals surface area contributed by atoms with E-state index in [4.69, 9.17) is 5.84 Å². The first-order valence-corrected chi connectivity index (χ1v) is 7.21. The molecule has 5 N–H and O–H groups in total. The van der Waals surface area contributed by atoms with Crippen LogP contribution in [-0.4, -0.2) is 44.3 Å². The van der Waals surface area contributed by atoms with Crippen LogP contribution in [0.4, 0.5) is 17.8 Å². The van der Waals surface area contributed by atoms with E-state index in [-0.39, 0.29) is 0 Å². The monoisotopic (exact) mass is 295 g/mol. The Morgan fingerprint density at radius 2 is 1.62 bits per heavy atom. The third kappa shape index (κ3) is 3.51. The van der Waals surface area contributed by atoms with E-state index >= 15 is 0 Å². The molecule has 2 rings (SSSR count). The van der Waals surface area contributed by atoms with Crippen molar-refractivity contribution in [2.45, 2.75) is 51.7 Å². The lowest BCUT2D eigenvalue weighted by atomic mass is 9.86. The third-order valence-corrected chi connectivity index (χ3v) is 4.10. The summed E-state index contributed by atoms with van der Waals surface area (Å²) in [5.74, 6) is 6.74. The predicted octanol–water partition coefficient (Wildman–Crippen LogP) is 0.719. The average Bonchev–Trinajstić information content (AvgIpc) is 2.90. The quantitative estimate of drug-likeness (QED) is 0.464. The number of rotatable bonds is 5. The van der Waals surface area contributed by atoms with Crippen molar-refractivity contribution in [1.82, 2.24) is 15.0 Å². The van der Waals surface area contributed by atoms with Crippen molar-refractivity contribution in [2.75, 3.05) is 28.7 Å². The Morgan fingerprint density at radius 1 is 1.05 bits per heavy atom. The number of hydrogen-bond donors (Lipinski definition) is 4. The molecule has 0 unspecified atom stereocenters. The van der Waals surface area contributed by atoms with E-state index < -0.39 is 11.1 Å². The minimum atomic E-state index is -0.941. The average molecular weight is 295 g/mol.